The molecule has 0 amide bonds. The largest absolute Gasteiger partial charge is 0.304 e. The third kappa shape index (κ3) is 4.61. The van der Waals surface area contributed by atoms with E-state index < -0.39 is 10.0 Å². The van der Waals surface area contributed by atoms with Crippen molar-refractivity contribution in [1.29, 1.82) is 0 Å². The molecule has 0 aliphatic carbocycles. The van der Waals surface area contributed by atoms with E-state index in [2.05, 4.69) is 27.6 Å². The van der Waals surface area contributed by atoms with Crippen LogP contribution in [0.4, 0.5) is 0 Å². The molecule has 2 heterocycles. The number of likely N-dealkylation sites (N-methyl/N-ethyl adjacent to an activating group) is 1. The Morgan fingerprint density at radius 1 is 1.16 bits per heavy atom. The molecule has 1 aliphatic rings. The van der Waals surface area contributed by atoms with E-state index in [4.69, 9.17) is 11.6 Å². The number of nitrogens with zero attached hydrogens (tertiary/aromatic N) is 2. The van der Waals surface area contributed by atoms with E-state index in [0.717, 1.165) is 26.2 Å². The number of hydrogen-bond acceptors (Lipinski definition) is 5. The van der Waals surface area contributed by atoms with Gasteiger partial charge in [0, 0.05) is 37.6 Å². The molecular weight excluding hydrogens is 378 g/mol. The second kappa shape index (κ2) is 8.16. The molecule has 1 N–H and O–H groups in total. The quantitative estimate of drug-likeness (QED) is 0.811. The number of thiophene rings is 1. The molecule has 0 bridgehead atoms. The van der Waals surface area contributed by atoms with Crippen LogP contribution in [-0.4, -0.2) is 58.0 Å². The maximum absolute atomic E-state index is 12.6. The normalized spacial score (nSPS) is 18.3. The Morgan fingerprint density at radius 2 is 1.88 bits per heavy atom. The second-order valence-corrected chi connectivity index (χ2v) is 9.27. The van der Waals surface area contributed by atoms with Gasteiger partial charge < -0.3 is 4.90 Å². The molecule has 1 saturated heterocycles. The Hall–Kier alpha value is -0.960. The first-order chi connectivity index (χ1) is 12.0. The molecule has 136 valence electrons. The van der Waals surface area contributed by atoms with Crippen molar-refractivity contribution in [2.75, 3.05) is 39.8 Å². The van der Waals surface area contributed by atoms with Crippen molar-refractivity contribution in [2.24, 2.45) is 0 Å². The van der Waals surface area contributed by atoms with Gasteiger partial charge >= 0.3 is 0 Å². The average Bonchev–Trinajstić information content (AvgIpc) is 3.11. The van der Waals surface area contributed by atoms with Crippen LogP contribution in [0.3, 0.4) is 0 Å². The predicted octanol–water partition coefficient (Wildman–Crippen LogP) is 2.67. The first kappa shape index (κ1) is 18.8. The maximum Gasteiger partial charge on any atom is 0.242 e. The molecule has 3 rings (SSSR count). The van der Waals surface area contributed by atoms with Crippen LogP contribution in [0.1, 0.15) is 10.9 Å². The van der Waals surface area contributed by atoms with Crippen molar-refractivity contribution in [1.82, 2.24) is 14.5 Å². The molecule has 1 atom stereocenters. The van der Waals surface area contributed by atoms with Gasteiger partial charge in [0.1, 0.15) is 4.90 Å². The summed E-state index contributed by atoms with van der Waals surface area (Å²) in [6.07, 6.45) is 0. The smallest absolute Gasteiger partial charge is 0.242 e. The molecule has 5 nitrogen and oxygen atoms in total. The van der Waals surface area contributed by atoms with Crippen LogP contribution in [0.25, 0.3) is 0 Å². The van der Waals surface area contributed by atoms with E-state index >= 15 is 0 Å². The Bertz CT molecular complexity index is 788. The number of piperazine rings is 1. The fourth-order valence-electron chi connectivity index (χ4n) is 2.95. The van der Waals surface area contributed by atoms with Crippen LogP contribution in [0.2, 0.25) is 5.02 Å². The summed E-state index contributed by atoms with van der Waals surface area (Å²) in [6.45, 7) is 4.15. The Balaban J connectivity index is 1.76. The number of sulfonamides is 1. The van der Waals surface area contributed by atoms with Crippen molar-refractivity contribution in [2.45, 2.75) is 10.9 Å². The SMILES string of the molecule is CN1CCN(C(CNS(=O)(=O)c2ccccc2Cl)c2cccs2)CC1. The first-order valence-electron chi connectivity index (χ1n) is 8.17. The Kier molecular flexibility index (Phi) is 6.14. The number of halogens is 1. The van der Waals surface area contributed by atoms with E-state index in [-0.39, 0.29) is 16.0 Å². The van der Waals surface area contributed by atoms with Crippen LogP contribution in [0.5, 0.6) is 0 Å². The number of rotatable bonds is 6. The van der Waals surface area contributed by atoms with E-state index in [0.29, 0.717) is 6.54 Å². The van der Waals surface area contributed by atoms with E-state index in [9.17, 15) is 8.42 Å². The standard InChI is InChI=1S/C17H22ClN3O2S2/c1-20-8-10-21(11-9-20)15(16-6-4-12-24-16)13-19-25(22,23)17-7-3-2-5-14(17)18/h2-7,12,15,19H,8-11,13H2,1H3. The predicted molar refractivity (Wildman–Crippen MR) is 103 cm³/mol. The molecule has 1 aromatic heterocycles. The molecule has 1 unspecified atom stereocenters. The van der Waals surface area contributed by atoms with Crippen molar-refractivity contribution in [3.8, 4) is 0 Å². The fourth-order valence-corrected chi connectivity index (χ4v) is 5.37. The van der Waals surface area contributed by atoms with Gasteiger partial charge in [-0.3, -0.25) is 4.90 Å². The van der Waals surface area contributed by atoms with Gasteiger partial charge in [-0.05, 0) is 30.6 Å². The Labute approximate surface area is 158 Å². The van der Waals surface area contributed by atoms with Crippen LogP contribution < -0.4 is 4.72 Å². The lowest BCUT2D eigenvalue weighted by Gasteiger charge is -2.37. The van der Waals surface area contributed by atoms with Crippen LogP contribution >= 0.6 is 22.9 Å². The lowest BCUT2D eigenvalue weighted by atomic mass is 10.2. The van der Waals surface area contributed by atoms with E-state index in [1.165, 1.54) is 10.9 Å². The van der Waals surface area contributed by atoms with Crippen molar-refractivity contribution < 1.29 is 8.42 Å². The fraction of sp³-hybridized carbons (Fsp3) is 0.412. The number of hydrogen-bond donors (Lipinski definition) is 1. The van der Waals surface area contributed by atoms with Gasteiger partial charge in [-0.1, -0.05) is 29.8 Å². The van der Waals surface area contributed by atoms with E-state index in [1.807, 2.05) is 11.4 Å². The lowest BCUT2D eigenvalue weighted by Crippen LogP contribution is -2.48. The topological polar surface area (TPSA) is 52.6 Å². The minimum absolute atomic E-state index is 0.0333. The molecule has 1 aliphatic heterocycles. The third-order valence-electron chi connectivity index (χ3n) is 4.44. The van der Waals surface area contributed by atoms with Crippen LogP contribution in [-0.2, 0) is 10.0 Å². The van der Waals surface area contributed by atoms with Gasteiger partial charge in [-0.25, -0.2) is 13.1 Å². The van der Waals surface area contributed by atoms with Crippen molar-refractivity contribution in [3.63, 3.8) is 0 Å². The summed E-state index contributed by atoms with van der Waals surface area (Å²) < 4.78 is 28.0. The minimum atomic E-state index is -3.64. The summed E-state index contributed by atoms with van der Waals surface area (Å²) in [6, 6.07) is 10.6. The summed E-state index contributed by atoms with van der Waals surface area (Å²) in [5, 5.41) is 2.27. The highest BCUT2D eigenvalue weighted by atomic mass is 35.5. The summed E-state index contributed by atoms with van der Waals surface area (Å²) in [7, 11) is -1.53. The zero-order valence-electron chi connectivity index (χ0n) is 14.1. The maximum atomic E-state index is 12.6. The van der Waals surface area contributed by atoms with Crippen LogP contribution in [0.15, 0.2) is 46.7 Å². The summed E-state index contributed by atoms with van der Waals surface area (Å²) in [5.74, 6) is 0. The Morgan fingerprint density at radius 3 is 2.52 bits per heavy atom. The molecular formula is C17H22ClN3O2S2. The molecule has 8 heteroatoms. The van der Waals surface area contributed by atoms with E-state index in [1.54, 1.807) is 29.5 Å². The van der Waals surface area contributed by atoms with Crippen molar-refractivity contribution >= 4 is 33.0 Å². The molecule has 1 fully saturated rings. The summed E-state index contributed by atoms with van der Waals surface area (Å²) in [4.78, 5) is 5.93. The highest BCUT2D eigenvalue weighted by Crippen LogP contribution is 2.27. The number of benzene rings is 1. The average molecular weight is 400 g/mol. The molecule has 1 aromatic carbocycles. The van der Waals surface area contributed by atoms with Gasteiger partial charge in [0.2, 0.25) is 10.0 Å². The monoisotopic (exact) mass is 399 g/mol. The second-order valence-electron chi connectivity index (χ2n) is 6.15. The highest BCUT2D eigenvalue weighted by Gasteiger charge is 2.27. The lowest BCUT2D eigenvalue weighted by molar-refractivity contribution is 0.114. The zero-order valence-corrected chi connectivity index (χ0v) is 16.4. The minimum Gasteiger partial charge on any atom is -0.304 e. The summed E-state index contributed by atoms with van der Waals surface area (Å²) >= 11 is 7.71. The molecule has 0 spiro atoms. The molecule has 0 radical (unpaired) electrons. The van der Waals surface area contributed by atoms with Crippen LogP contribution in [0, 0.1) is 0 Å². The van der Waals surface area contributed by atoms with Gasteiger partial charge in [-0.2, -0.15) is 0 Å². The van der Waals surface area contributed by atoms with Gasteiger partial charge in [-0.15, -0.1) is 11.3 Å². The molecule has 2 aromatic rings. The van der Waals surface area contributed by atoms with Gasteiger partial charge in [0.25, 0.3) is 0 Å². The summed E-state index contributed by atoms with van der Waals surface area (Å²) in [5.41, 5.74) is 0. The highest BCUT2D eigenvalue weighted by molar-refractivity contribution is 7.89. The molecule has 0 saturated carbocycles. The third-order valence-corrected chi connectivity index (χ3v) is 7.34. The van der Waals surface area contributed by atoms with Gasteiger partial charge in [0.05, 0.1) is 11.1 Å². The van der Waals surface area contributed by atoms with Gasteiger partial charge in [0.15, 0.2) is 0 Å². The van der Waals surface area contributed by atoms with Crippen molar-refractivity contribution in [3.05, 3.63) is 51.7 Å². The zero-order chi connectivity index (χ0) is 17.9. The number of nitrogens with one attached hydrogen (secondary N) is 1. The molecule has 25 heavy (non-hydrogen) atoms. The first-order valence-corrected chi connectivity index (χ1v) is 10.9.